The molecule has 0 aromatic heterocycles. The molecule has 2 saturated heterocycles. The van der Waals surface area contributed by atoms with Gasteiger partial charge in [0.1, 0.15) is 0 Å². The molecular weight excluding hydrogens is 206 g/mol. The maximum absolute atomic E-state index is 3.76. The Balaban J connectivity index is 0.000000853. The molecule has 2 heteroatoms. The van der Waals surface area contributed by atoms with Gasteiger partial charge in [-0.2, -0.15) is 0 Å². The zero-order chi connectivity index (χ0) is 9.38. The quantitative estimate of drug-likeness (QED) is 0.726. The summed E-state index contributed by atoms with van der Waals surface area (Å²) in [6.45, 7) is 0. The molecule has 0 radical (unpaired) electrons. The molecule has 1 aliphatic carbocycles. The molecule has 0 aromatic carbocycles. The van der Waals surface area contributed by atoms with Crippen molar-refractivity contribution in [2.45, 2.75) is 69.9 Å². The van der Waals surface area contributed by atoms with Gasteiger partial charge in [0.15, 0.2) is 0 Å². The van der Waals surface area contributed by atoms with Crippen LogP contribution in [0.5, 0.6) is 0 Å². The molecule has 2 atom stereocenters. The van der Waals surface area contributed by atoms with E-state index in [0.717, 1.165) is 23.9 Å². The van der Waals surface area contributed by atoms with Gasteiger partial charge < -0.3 is 5.32 Å². The maximum atomic E-state index is 3.76. The topological polar surface area (TPSA) is 12.0 Å². The van der Waals surface area contributed by atoms with E-state index in [-0.39, 0.29) is 12.4 Å². The van der Waals surface area contributed by atoms with Crippen molar-refractivity contribution in [2.24, 2.45) is 11.8 Å². The Kier molecular flexibility index (Phi) is 3.95. The summed E-state index contributed by atoms with van der Waals surface area (Å²) in [5, 5.41) is 3.76. The van der Waals surface area contributed by atoms with Crippen molar-refractivity contribution in [3.63, 3.8) is 0 Å². The third-order valence-corrected chi connectivity index (χ3v) is 4.83. The first-order valence-corrected chi connectivity index (χ1v) is 6.68. The van der Waals surface area contributed by atoms with Crippen molar-refractivity contribution < 1.29 is 0 Å². The van der Waals surface area contributed by atoms with Crippen LogP contribution in [0, 0.1) is 11.8 Å². The molecule has 1 saturated carbocycles. The van der Waals surface area contributed by atoms with Crippen molar-refractivity contribution in [3.8, 4) is 0 Å². The van der Waals surface area contributed by atoms with Gasteiger partial charge in [-0.05, 0) is 37.5 Å². The first kappa shape index (κ1) is 11.7. The molecule has 0 spiro atoms. The normalized spacial score (nSPS) is 41.2. The Bertz CT molecular complexity index is 189. The predicted molar refractivity (Wildman–Crippen MR) is 66.5 cm³/mol. The third-order valence-electron chi connectivity index (χ3n) is 4.83. The number of halogens is 1. The van der Waals surface area contributed by atoms with Gasteiger partial charge in [-0.25, -0.2) is 0 Å². The van der Waals surface area contributed by atoms with Crippen LogP contribution in [0.4, 0.5) is 0 Å². The minimum Gasteiger partial charge on any atom is -0.311 e. The van der Waals surface area contributed by atoms with Gasteiger partial charge in [-0.1, -0.05) is 32.1 Å². The van der Waals surface area contributed by atoms with Gasteiger partial charge in [-0.3, -0.25) is 0 Å². The van der Waals surface area contributed by atoms with Crippen LogP contribution in [0.1, 0.15) is 57.8 Å². The predicted octanol–water partition coefficient (Wildman–Crippen LogP) is 3.52. The summed E-state index contributed by atoms with van der Waals surface area (Å²) >= 11 is 0. The molecule has 1 N–H and O–H groups in total. The largest absolute Gasteiger partial charge is 0.311 e. The first-order chi connectivity index (χ1) is 6.92. The summed E-state index contributed by atoms with van der Waals surface area (Å²) in [5.74, 6) is 2.20. The summed E-state index contributed by atoms with van der Waals surface area (Å²) in [5.41, 5.74) is 0. The third kappa shape index (κ3) is 2.50. The Morgan fingerprint density at radius 3 is 1.87 bits per heavy atom. The Labute approximate surface area is 99.8 Å². The molecule has 2 bridgehead atoms. The van der Waals surface area contributed by atoms with Gasteiger partial charge in [0.2, 0.25) is 0 Å². The van der Waals surface area contributed by atoms with E-state index in [0.29, 0.717) is 0 Å². The van der Waals surface area contributed by atoms with E-state index in [2.05, 4.69) is 5.32 Å². The minimum absolute atomic E-state index is 0. The van der Waals surface area contributed by atoms with E-state index in [9.17, 15) is 0 Å². The lowest BCUT2D eigenvalue weighted by molar-refractivity contribution is 0.175. The van der Waals surface area contributed by atoms with Gasteiger partial charge in [0.05, 0.1) is 0 Å². The van der Waals surface area contributed by atoms with Crippen LogP contribution >= 0.6 is 12.4 Å². The molecule has 2 aliphatic heterocycles. The highest BCUT2D eigenvalue weighted by atomic mass is 35.5. The second-order valence-electron chi connectivity index (χ2n) is 5.77. The minimum atomic E-state index is 0. The van der Waals surface area contributed by atoms with E-state index in [1.807, 2.05) is 0 Å². The van der Waals surface area contributed by atoms with Gasteiger partial charge >= 0.3 is 0 Å². The molecule has 1 nitrogen and oxygen atoms in total. The zero-order valence-corrected chi connectivity index (χ0v) is 10.4. The van der Waals surface area contributed by atoms with Crippen molar-refractivity contribution in [1.82, 2.24) is 5.32 Å². The lowest BCUT2D eigenvalue weighted by Gasteiger charge is -2.36. The molecular formula is C13H24ClN. The molecule has 3 fully saturated rings. The van der Waals surface area contributed by atoms with Crippen LogP contribution in [-0.4, -0.2) is 12.1 Å². The summed E-state index contributed by atoms with van der Waals surface area (Å²) < 4.78 is 0. The number of rotatable bonds is 1. The van der Waals surface area contributed by atoms with Crippen LogP contribution in [0.25, 0.3) is 0 Å². The highest BCUT2D eigenvalue weighted by Crippen LogP contribution is 2.40. The van der Waals surface area contributed by atoms with E-state index in [1.165, 1.54) is 44.9 Å². The fourth-order valence-electron chi connectivity index (χ4n) is 4.09. The van der Waals surface area contributed by atoms with Crippen molar-refractivity contribution in [2.75, 3.05) is 0 Å². The van der Waals surface area contributed by atoms with Gasteiger partial charge in [0, 0.05) is 12.1 Å². The molecule has 0 aromatic rings. The van der Waals surface area contributed by atoms with Crippen molar-refractivity contribution in [3.05, 3.63) is 0 Å². The first-order valence-electron chi connectivity index (χ1n) is 6.68. The molecule has 3 rings (SSSR count). The summed E-state index contributed by atoms with van der Waals surface area (Å²) in [6.07, 6.45) is 13.6. The molecule has 0 amide bonds. The average molecular weight is 230 g/mol. The average Bonchev–Trinajstić information content (AvgIpc) is 2.59. The smallest absolute Gasteiger partial charge is 0.00729 e. The van der Waals surface area contributed by atoms with Crippen LogP contribution in [0.3, 0.4) is 0 Å². The SMILES string of the molecule is C1CCC(C2CC3CCC(C2)N3)CC1.Cl. The van der Waals surface area contributed by atoms with E-state index >= 15 is 0 Å². The van der Waals surface area contributed by atoms with E-state index in [4.69, 9.17) is 0 Å². The lowest BCUT2D eigenvalue weighted by Crippen LogP contribution is -2.40. The van der Waals surface area contributed by atoms with E-state index < -0.39 is 0 Å². The number of hydrogen-bond acceptors (Lipinski definition) is 1. The highest BCUT2D eigenvalue weighted by Gasteiger charge is 2.36. The summed E-state index contributed by atoms with van der Waals surface area (Å²) in [6, 6.07) is 1.81. The number of nitrogens with one attached hydrogen (secondary N) is 1. The van der Waals surface area contributed by atoms with Crippen LogP contribution in [-0.2, 0) is 0 Å². The molecule has 2 unspecified atom stereocenters. The van der Waals surface area contributed by atoms with Crippen LogP contribution < -0.4 is 5.32 Å². The Morgan fingerprint density at radius 1 is 0.667 bits per heavy atom. The highest BCUT2D eigenvalue weighted by molar-refractivity contribution is 5.85. The Hall–Kier alpha value is 0.250. The van der Waals surface area contributed by atoms with Crippen LogP contribution in [0.15, 0.2) is 0 Å². The summed E-state index contributed by atoms with van der Waals surface area (Å²) in [4.78, 5) is 0. The number of piperidine rings is 1. The standard InChI is InChI=1S/C13H23N.ClH/c1-2-4-10(5-3-1)11-8-12-6-7-13(9-11)14-12;/h10-14H,1-9H2;1H. The fraction of sp³-hybridized carbons (Fsp3) is 1.00. The maximum Gasteiger partial charge on any atom is 0.00729 e. The lowest BCUT2D eigenvalue weighted by atomic mass is 9.74. The van der Waals surface area contributed by atoms with Gasteiger partial charge in [0.25, 0.3) is 0 Å². The fourth-order valence-corrected chi connectivity index (χ4v) is 4.09. The monoisotopic (exact) mass is 229 g/mol. The molecule has 2 heterocycles. The zero-order valence-electron chi connectivity index (χ0n) is 9.58. The summed E-state index contributed by atoms with van der Waals surface area (Å²) in [7, 11) is 0. The molecule has 3 aliphatic rings. The van der Waals surface area contributed by atoms with Gasteiger partial charge in [-0.15, -0.1) is 12.4 Å². The van der Waals surface area contributed by atoms with Crippen molar-refractivity contribution in [1.29, 1.82) is 0 Å². The number of hydrogen-bond donors (Lipinski definition) is 1. The number of fused-ring (bicyclic) bond motifs is 2. The molecule has 88 valence electrons. The second-order valence-corrected chi connectivity index (χ2v) is 5.77. The van der Waals surface area contributed by atoms with E-state index in [1.54, 1.807) is 12.8 Å². The molecule has 15 heavy (non-hydrogen) atoms. The van der Waals surface area contributed by atoms with Crippen molar-refractivity contribution >= 4 is 12.4 Å². The van der Waals surface area contributed by atoms with Crippen LogP contribution in [0.2, 0.25) is 0 Å². The Morgan fingerprint density at radius 2 is 1.27 bits per heavy atom. The second kappa shape index (κ2) is 5.05.